The van der Waals surface area contributed by atoms with Crippen molar-refractivity contribution in [3.8, 4) is 0 Å². The van der Waals surface area contributed by atoms with Crippen molar-refractivity contribution in [2.24, 2.45) is 0 Å². The van der Waals surface area contributed by atoms with Crippen LogP contribution in [0.3, 0.4) is 0 Å². The number of benzene rings is 1. The van der Waals surface area contributed by atoms with Gasteiger partial charge in [0.05, 0.1) is 5.69 Å². The molecule has 12 heavy (non-hydrogen) atoms. The molecular weight excluding hydrogens is 153 g/mol. The summed E-state index contributed by atoms with van der Waals surface area (Å²) in [6.45, 7) is 6.03. The van der Waals surface area contributed by atoms with Crippen LogP contribution < -0.4 is 5.73 Å². The van der Waals surface area contributed by atoms with Crippen LogP contribution >= 0.6 is 0 Å². The van der Waals surface area contributed by atoms with Crippen LogP contribution in [0.2, 0.25) is 0 Å². The topological polar surface area (TPSA) is 26.0 Å². The summed E-state index contributed by atoms with van der Waals surface area (Å²) in [6.07, 6.45) is 0. The van der Waals surface area contributed by atoms with Crippen molar-refractivity contribution in [3.05, 3.63) is 29.1 Å². The standard InChI is InChI=1S/C10H14FN/c1-6(2)8-5-9(11)10(12)4-7(8)3/h4-6H,12H2,1-3H3. The first-order valence-corrected chi connectivity index (χ1v) is 4.08. The zero-order valence-electron chi connectivity index (χ0n) is 7.69. The molecule has 1 aromatic carbocycles. The third-order valence-electron chi connectivity index (χ3n) is 2.01. The summed E-state index contributed by atoms with van der Waals surface area (Å²) >= 11 is 0. The molecule has 0 aromatic heterocycles. The second-order valence-electron chi connectivity index (χ2n) is 3.39. The molecule has 0 radical (unpaired) electrons. The quantitative estimate of drug-likeness (QED) is 0.639. The van der Waals surface area contributed by atoms with Gasteiger partial charge in [-0.1, -0.05) is 13.8 Å². The summed E-state index contributed by atoms with van der Waals surface area (Å²) < 4.78 is 13.0. The normalized spacial score (nSPS) is 10.8. The number of halogens is 1. The SMILES string of the molecule is Cc1cc(N)c(F)cc1C(C)C. The number of anilines is 1. The van der Waals surface area contributed by atoms with Crippen LogP contribution in [-0.4, -0.2) is 0 Å². The van der Waals surface area contributed by atoms with Gasteiger partial charge in [0.2, 0.25) is 0 Å². The van der Waals surface area contributed by atoms with Crippen molar-refractivity contribution in [3.63, 3.8) is 0 Å². The monoisotopic (exact) mass is 167 g/mol. The Morgan fingerprint density at radius 2 is 1.92 bits per heavy atom. The lowest BCUT2D eigenvalue weighted by molar-refractivity contribution is 0.627. The molecule has 0 saturated heterocycles. The number of hydrogen-bond acceptors (Lipinski definition) is 1. The highest BCUT2D eigenvalue weighted by atomic mass is 19.1. The highest BCUT2D eigenvalue weighted by molar-refractivity contribution is 5.46. The van der Waals surface area contributed by atoms with E-state index in [-0.39, 0.29) is 11.5 Å². The average molecular weight is 167 g/mol. The molecule has 0 bridgehead atoms. The zero-order chi connectivity index (χ0) is 9.30. The molecule has 0 unspecified atom stereocenters. The Morgan fingerprint density at radius 3 is 2.42 bits per heavy atom. The summed E-state index contributed by atoms with van der Waals surface area (Å²) in [4.78, 5) is 0. The average Bonchev–Trinajstić information content (AvgIpc) is 1.96. The Hall–Kier alpha value is -1.05. The van der Waals surface area contributed by atoms with Crippen LogP contribution in [0.5, 0.6) is 0 Å². The van der Waals surface area contributed by atoms with Gasteiger partial charge in [-0.15, -0.1) is 0 Å². The molecule has 0 aliphatic heterocycles. The van der Waals surface area contributed by atoms with E-state index in [1.54, 1.807) is 6.07 Å². The Kier molecular flexibility index (Phi) is 2.36. The van der Waals surface area contributed by atoms with Gasteiger partial charge in [0.25, 0.3) is 0 Å². The van der Waals surface area contributed by atoms with Gasteiger partial charge in [-0.2, -0.15) is 0 Å². The summed E-state index contributed by atoms with van der Waals surface area (Å²) in [6, 6.07) is 3.21. The second kappa shape index (κ2) is 3.13. The van der Waals surface area contributed by atoms with Crippen molar-refractivity contribution in [1.29, 1.82) is 0 Å². The molecule has 2 N–H and O–H groups in total. The predicted molar refractivity (Wildman–Crippen MR) is 49.6 cm³/mol. The van der Waals surface area contributed by atoms with E-state index in [9.17, 15) is 4.39 Å². The Balaban J connectivity index is 3.23. The molecule has 0 saturated carbocycles. The van der Waals surface area contributed by atoms with Crippen molar-refractivity contribution in [2.45, 2.75) is 26.7 Å². The molecule has 66 valence electrons. The lowest BCUT2D eigenvalue weighted by atomic mass is 9.97. The minimum atomic E-state index is -0.315. The number of hydrogen-bond donors (Lipinski definition) is 1. The predicted octanol–water partition coefficient (Wildman–Crippen LogP) is 2.84. The van der Waals surface area contributed by atoms with Crippen LogP contribution in [0.15, 0.2) is 12.1 Å². The largest absolute Gasteiger partial charge is 0.396 e. The van der Waals surface area contributed by atoms with Crippen molar-refractivity contribution < 1.29 is 4.39 Å². The van der Waals surface area contributed by atoms with E-state index in [4.69, 9.17) is 5.73 Å². The lowest BCUT2D eigenvalue weighted by Crippen LogP contribution is -1.97. The first-order valence-electron chi connectivity index (χ1n) is 4.08. The number of nitrogen functional groups attached to an aromatic ring is 1. The van der Waals surface area contributed by atoms with Crippen LogP contribution in [0.1, 0.15) is 30.9 Å². The van der Waals surface area contributed by atoms with E-state index in [2.05, 4.69) is 0 Å². The Morgan fingerprint density at radius 1 is 1.33 bits per heavy atom. The summed E-state index contributed by atoms with van der Waals surface area (Å²) in [5, 5.41) is 0. The van der Waals surface area contributed by atoms with Crippen molar-refractivity contribution in [2.75, 3.05) is 5.73 Å². The van der Waals surface area contributed by atoms with E-state index in [0.717, 1.165) is 11.1 Å². The van der Waals surface area contributed by atoms with E-state index in [1.165, 1.54) is 6.07 Å². The van der Waals surface area contributed by atoms with Crippen LogP contribution in [0, 0.1) is 12.7 Å². The fraction of sp³-hybridized carbons (Fsp3) is 0.400. The van der Waals surface area contributed by atoms with Gasteiger partial charge >= 0.3 is 0 Å². The Bertz CT molecular complexity index is 292. The zero-order valence-corrected chi connectivity index (χ0v) is 7.69. The van der Waals surface area contributed by atoms with Gasteiger partial charge in [-0.05, 0) is 36.1 Å². The van der Waals surface area contributed by atoms with E-state index >= 15 is 0 Å². The maximum absolute atomic E-state index is 13.0. The number of rotatable bonds is 1. The van der Waals surface area contributed by atoms with Gasteiger partial charge in [-0.3, -0.25) is 0 Å². The molecule has 1 nitrogen and oxygen atoms in total. The molecule has 0 aliphatic carbocycles. The van der Waals surface area contributed by atoms with E-state index in [1.807, 2.05) is 20.8 Å². The van der Waals surface area contributed by atoms with E-state index in [0.29, 0.717) is 5.92 Å². The van der Waals surface area contributed by atoms with Crippen LogP contribution in [0.4, 0.5) is 10.1 Å². The first kappa shape index (κ1) is 9.04. The van der Waals surface area contributed by atoms with Gasteiger partial charge in [-0.25, -0.2) is 4.39 Å². The fourth-order valence-corrected chi connectivity index (χ4v) is 1.34. The smallest absolute Gasteiger partial charge is 0.146 e. The molecule has 1 aromatic rings. The Labute approximate surface area is 72.4 Å². The minimum absolute atomic E-state index is 0.233. The second-order valence-corrected chi connectivity index (χ2v) is 3.39. The maximum Gasteiger partial charge on any atom is 0.146 e. The molecule has 0 atom stereocenters. The van der Waals surface area contributed by atoms with Crippen molar-refractivity contribution >= 4 is 5.69 Å². The highest BCUT2D eigenvalue weighted by Crippen LogP contribution is 2.23. The number of nitrogens with two attached hydrogens (primary N) is 1. The van der Waals surface area contributed by atoms with Crippen molar-refractivity contribution in [1.82, 2.24) is 0 Å². The first-order chi connectivity index (χ1) is 5.52. The van der Waals surface area contributed by atoms with E-state index < -0.39 is 0 Å². The maximum atomic E-state index is 13.0. The lowest BCUT2D eigenvalue weighted by Gasteiger charge is -2.10. The van der Waals surface area contributed by atoms with Gasteiger partial charge in [0.1, 0.15) is 5.82 Å². The molecule has 0 fully saturated rings. The van der Waals surface area contributed by atoms with Crippen LogP contribution in [0.25, 0.3) is 0 Å². The molecular formula is C10H14FN. The fourth-order valence-electron chi connectivity index (χ4n) is 1.34. The highest BCUT2D eigenvalue weighted by Gasteiger charge is 2.07. The summed E-state index contributed by atoms with van der Waals surface area (Å²) in [5.74, 6) is 0.0319. The van der Waals surface area contributed by atoms with Gasteiger partial charge < -0.3 is 5.73 Å². The van der Waals surface area contributed by atoms with Gasteiger partial charge in [0, 0.05) is 0 Å². The molecule has 0 aliphatic rings. The minimum Gasteiger partial charge on any atom is -0.396 e. The summed E-state index contributed by atoms with van der Waals surface area (Å²) in [5.41, 5.74) is 7.74. The third kappa shape index (κ3) is 1.58. The molecule has 0 amide bonds. The summed E-state index contributed by atoms with van der Waals surface area (Å²) in [7, 11) is 0. The third-order valence-corrected chi connectivity index (χ3v) is 2.01. The molecule has 0 spiro atoms. The molecule has 2 heteroatoms. The van der Waals surface area contributed by atoms with Crippen LogP contribution in [-0.2, 0) is 0 Å². The number of aryl methyl sites for hydroxylation is 1. The molecule has 0 heterocycles. The van der Waals surface area contributed by atoms with Gasteiger partial charge in [0.15, 0.2) is 0 Å². The molecule has 1 rings (SSSR count).